The first kappa shape index (κ1) is 12.3. The van der Waals surface area contributed by atoms with Crippen LogP contribution in [0.4, 0.5) is 10.5 Å². The third-order valence-corrected chi connectivity index (χ3v) is 2.35. The quantitative estimate of drug-likeness (QED) is 0.766. The van der Waals surface area contributed by atoms with Gasteiger partial charge in [-0.25, -0.2) is 9.78 Å². The summed E-state index contributed by atoms with van der Waals surface area (Å²) in [6.07, 6.45) is 2.78. The second kappa shape index (κ2) is 5.34. The molecule has 1 rings (SSSR count). The van der Waals surface area contributed by atoms with Crippen molar-refractivity contribution < 1.29 is 14.6 Å². The lowest BCUT2D eigenvalue weighted by atomic mass is 10.0. The number of anilines is 1. The molecule has 0 saturated heterocycles. The summed E-state index contributed by atoms with van der Waals surface area (Å²) in [4.78, 5) is 14.3. The predicted molar refractivity (Wildman–Crippen MR) is 60.7 cm³/mol. The number of hydrogen-bond donors (Lipinski definition) is 2. The molecule has 0 aromatic carbocycles. The lowest BCUT2D eigenvalue weighted by Gasteiger charge is -2.12. The van der Waals surface area contributed by atoms with Crippen molar-refractivity contribution in [2.75, 3.05) is 5.73 Å². The van der Waals surface area contributed by atoms with Gasteiger partial charge < -0.3 is 15.6 Å². The fourth-order valence-electron chi connectivity index (χ4n) is 1.60. The fourth-order valence-corrected chi connectivity index (χ4v) is 1.60. The van der Waals surface area contributed by atoms with Gasteiger partial charge in [0.25, 0.3) is 0 Å². The van der Waals surface area contributed by atoms with Crippen molar-refractivity contribution in [1.29, 1.82) is 0 Å². The molecule has 0 fully saturated rings. The van der Waals surface area contributed by atoms with Crippen LogP contribution in [0.1, 0.15) is 31.4 Å². The Morgan fingerprint density at radius 1 is 1.56 bits per heavy atom. The highest BCUT2D eigenvalue weighted by Gasteiger charge is 2.14. The molecule has 0 atom stereocenters. The van der Waals surface area contributed by atoms with E-state index < -0.39 is 6.16 Å². The summed E-state index contributed by atoms with van der Waals surface area (Å²) in [5.41, 5.74) is 8.16. The van der Waals surface area contributed by atoms with Crippen LogP contribution in [0.3, 0.4) is 0 Å². The van der Waals surface area contributed by atoms with Crippen LogP contribution >= 0.6 is 0 Å². The first-order valence-electron chi connectivity index (χ1n) is 5.27. The molecule has 0 spiro atoms. The first-order chi connectivity index (χ1) is 7.60. The van der Waals surface area contributed by atoms with Crippen molar-refractivity contribution in [2.45, 2.75) is 33.1 Å². The van der Waals surface area contributed by atoms with Crippen molar-refractivity contribution in [1.82, 2.24) is 4.98 Å². The Kier molecular flexibility index (Phi) is 4.10. The monoisotopic (exact) mass is 224 g/mol. The van der Waals surface area contributed by atoms with Crippen LogP contribution in [0.15, 0.2) is 6.20 Å². The molecule has 1 aromatic rings. The van der Waals surface area contributed by atoms with Crippen LogP contribution in [-0.2, 0) is 12.8 Å². The molecule has 0 radical (unpaired) electrons. The van der Waals surface area contributed by atoms with Crippen molar-refractivity contribution >= 4 is 11.8 Å². The highest BCUT2D eigenvalue weighted by molar-refractivity contribution is 5.66. The molecule has 1 heterocycles. The third-order valence-electron chi connectivity index (χ3n) is 2.35. The summed E-state index contributed by atoms with van der Waals surface area (Å²) in [6, 6.07) is 0. The van der Waals surface area contributed by atoms with Crippen LogP contribution in [0.5, 0.6) is 5.88 Å². The molecule has 0 bridgehead atoms. The molecule has 88 valence electrons. The Hall–Kier alpha value is -1.78. The summed E-state index contributed by atoms with van der Waals surface area (Å²) in [5.74, 6) is -0.0202. The number of aryl methyl sites for hydroxylation is 1. The summed E-state index contributed by atoms with van der Waals surface area (Å²) in [6.45, 7) is 4.05. The van der Waals surface area contributed by atoms with Crippen LogP contribution in [0.2, 0.25) is 0 Å². The molecule has 0 aliphatic heterocycles. The number of rotatable bonds is 4. The maximum atomic E-state index is 10.4. The Bertz CT molecular complexity index is 391. The van der Waals surface area contributed by atoms with E-state index in [1.165, 1.54) is 0 Å². The third kappa shape index (κ3) is 2.62. The largest absolute Gasteiger partial charge is 0.512 e. The molecule has 0 saturated carbocycles. The van der Waals surface area contributed by atoms with Crippen molar-refractivity contribution in [2.24, 2.45) is 0 Å². The number of pyridine rings is 1. The van der Waals surface area contributed by atoms with Crippen LogP contribution < -0.4 is 10.5 Å². The van der Waals surface area contributed by atoms with Crippen molar-refractivity contribution in [3.05, 3.63) is 17.3 Å². The van der Waals surface area contributed by atoms with E-state index >= 15 is 0 Å². The molecule has 5 nitrogen and oxygen atoms in total. The predicted octanol–water partition coefficient (Wildman–Crippen LogP) is 2.24. The second-order valence-electron chi connectivity index (χ2n) is 3.45. The summed E-state index contributed by atoms with van der Waals surface area (Å²) < 4.78 is 4.51. The van der Waals surface area contributed by atoms with E-state index in [-0.39, 0.29) is 5.88 Å². The zero-order valence-corrected chi connectivity index (χ0v) is 9.49. The SMILES string of the molecule is CCCc1c(CC)cnc(OC(=O)O)c1N. The van der Waals surface area contributed by atoms with E-state index in [9.17, 15) is 4.79 Å². The molecule has 0 aliphatic carbocycles. The minimum absolute atomic E-state index is 0.0202. The van der Waals surface area contributed by atoms with E-state index in [0.717, 1.165) is 30.4 Å². The maximum Gasteiger partial charge on any atom is 0.512 e. The molecular weight excluding hydrogens is 208 g/mol. The number of nitrogens with two attached hydrogens (primary N) is 1. The lowest BCUT2D eigenvalue weighted by molar-refractivity contribution is 0.143. The van der Waals surface area contributed by atoms with Crippen molar-refractivity contribution in [3.8, 4) is 5.88 Å². The standard InChI is InChI=1S/C11H16N2O3/c1-3-5-8-7(4-2)6-13-10(9(8)12)16-11(14)15/h6H,3-5,12H2,1-2H3,(H,14,15). The van der Waals surface area contributed by atoms with E-state index in [4.69, 9.17) is 10.8 Å². The molecule has 3 N–H and O–H groups in total. The second-order valence-corrected chi connectivity index (χ2v) is 3.45. The smallest absolute Gasteiger partial charge is 0.449 e. The van der Waals surface area contributed by atoms with Gasteiger partial charge in [0.15, 0.2) is 0 Å². The van der Waals surface area contributed by atoms with Crippen LogP contribution in [0.25, 0.3) is 0 Å². The van der Waals surface area contributed by atoms with Crippen LogP contribution in [0, 0.1) is 0 Å². The Morgan fingerprint density at radius 2 is 2.25 bits per heavy atom. The highest BCUT2D eigenvalue weighted by Crippen LogP contribution is 2.27. The molecule has 0 amide bonds. The molecule has 5 heteroatoms. The first-order valence-corrected chi connectivity index (χ1v) is 5.27. The zero-order chi connectivity index (χ0) is 12.1. The minimum atomic E-state index is -1.40. The van der Waals surface area contributed by atoms with Gasteiger partial charge in [-0.05, 0) is 24.0 Å². The minimum Gasteiger partial charge on any atom is -0.449 e. The number of aromatic nitrogens is 1. The molecule has 1 aromatic heterocycles. The average Bonchev–Trinajstić information content (AvgIpc) is 2.24. The molecular formula is C11H16N2O3. The molecule has 0 aliphatic rings. The van der Waals surface area contributed by atoms with Crippen molar-refractivity contribution in [3.63, 3.8) is 0 Å². The maximum absolute atomic E-state index is 10.4. The van der Waals surface area contributed by atoms with Crippen LogP contribution in [-0.4, -0.2) is 16.2 Å². The van der Waals surface area contributed by atoms with E-state index in [2.05, 4.69) is 9.72 Å². The van der Waals surface area contributed by atoms with Gasteiger partial charge in [0.1, 0.15) is 0 Å². The topological polar surface area (TPSA) is 85.4 Å². The molecule has 0 unspecified atom stereocenters. The van der Waals surface area contributed by atoms with Gasteiger partial charge in [-0.2, -0.15) is 0 Å². The number of carboxylic acid groups (broad SMARTS) is 1. The van der Waals surface area contributed by atoms with Gasteiger partial charge in [0.2, 0.25) is 5.88 Å². The Balaban J connectivity index is 3.14. The normalized spacial score (nSPS) is 10.1. The van der Waals surface area contributed by atoms with E-state index in [1.54, 1.807) is 6.20 Å². The number of ether oxygens (including phenoxy) is 1. The van der Waals surface area contributed by atoms with Gasteiger partial charge in [0, 0.05) is 6.20 Å². The summed E-state index contributed by atoms with van der Waals surface area (Å²) in [7, 11) is 0. The Morgan fingerprint density at radius 3 is 2.75 bits per heavy atom. The fraction of sp³-hybridized carbons (Fsp3) is 0.455. The van der Waals surface area contributed by atoms with Gasteiger partial charge in [-0.3, -0.25) is 0 Å². The lowest BCUT2D eigenvalue weighted by Crippen LogP contribution is -2.10. The number of hydrogen-bond acceptors (Lipinski definition) is 4. The summed E-state index contributed by atoms with van der Waals surface area (Å²) >= 11 is 0. The van der Waals surface area contributed by atoms with Gasteiger partial charge >= 0.3 is 6.16 Å². The number of nitrogens with zero attached hydrogens (tertiary/aromatic N) is 1. The Labute approximate surface area is 94.2 Å². The van der Waals surface area contributed by atoms with E-state index in [1.807, 2.05) is 13.8 Å². The number of carbonyl (C=O) groups is 1. The number of nitrogen functional groups attached to an aromatic ring is 1. The van der Waals surface area contributed by atoms with Gasteiger partial charge in [0.05, 0.1) is 5.69 Å². The highest BCUT2D eigenvalue weighted by atomic mass is 16.7. The summed E-state index contributed by atoms with van der Waals surface area (Å²) in [5, 5.41) is 8.52. The van der Waals surface area contributed by atoms with Gasteiger partial charge in [-0.15, -0.1) is 0 Å². The zero-order valence-electron chi connectivity index (χ0n) is 9.49. The molecule has 16 heavy (non-hydrogen) atoms. The van der Waals surface area contributed by atoms with E-state index in [0.29, 0.717) is 5.69 Å². The van der Waals surface area contributed by atoms with Gasteiger partial charge in [-0.1, -0.05) is 20.3 Å². The average molecular weight is 224 g/mol.